The number of aliphatic hydroxyl groups is 1. The molecule has 0 radical (unpaired) electrons. The third kappa shape index (κ3) is 4.37. The van der Waals surface area contributed by atoms with Crippen LogP contribution in [0.2, 0.25) is 0 Å². The van der Waals surface area contributed by atoms with Crippen molar-refractivity contribution in [3.05, 3.63) is 42.0 Å². The van der Waals surface area contributed by atoms with Crippen LogP contribution in [0.15, 0.2) is 36.4 Å². The summed E-state index contributed by atoms with van der Waals surface area (Å²) in [6, 6.07) is 4.43. The van der Waals surface area contributed by atoms with Crippen molar-refractivity contribution in [2.75, 3.05) is 0 Å². The lowest BCUT2D eigenvalue weighted by Gasteiger charge is -2.73. The zero-order valence-electron chi connectivity index (χ0n) is 28.2. The number of carbonyl (C=O) groups is 1. The summed E-state index contributed by atoms with van der Waals surface area (Å²) in [5, 5.41) is 31.5. The normalized spacial score (nSPS) is 46.0. The van der Waals surface area contributed by atoms with Crippen LogP contribution in [0.5, 0.6) is 11.5 Å². The first-order valence-electron chi connectivity index (χ1n) is 17.2. The van der Waals surface area contributed by atoms with Crippen LogP contribution < -0.4 is 0 Å². The molecular formula is C39H56O5. The SMILES string of the molecule is C=C(C)[C@@H]1CC[C@]2(C)CC[C@]3(C)[C@H](CC[C@@H]4[C@@]5(C)[C@H](O)C[C@H](OC(=O)C=Cc6ccc(O)c(O)c6)C(C)(C)[C@@H]5CC[C@]43C)[C@@H]12. The second-order valence-electron chi connectivity index (χ2n) is 17.3. The highest BCUT2D eigenvalue weighted by atomic mass is 16.5. The highest BCUT2D eigenvalue weighted by molar-refractivity contribution is 5.87. The van der Waals surface area contributed by atoms with Crippen molar-refractivity contribution in [3.63, 3.8) is 0 Å². The average molecular weight is 605 g/mol. The Hall–Kier alpha value is -2.27. The molecule has 3 N–H and O–H groups in total. The second kappa shape index (κ2) is 10.4. The molecule has 5 aliphatic rings. The summed E-state index contributed by atoms with van der Waals surface area (Å²) >= 11 is 0. The lowest BCUT2D eigenvalue weighted by atomic mass is 9.32. The molecule has 6 rings (SSSR count). The van der Waals surface area contributed by atoms with Gasteiger partial charge in [-0.1, -0.05) is 59.8 Å². The summed E-state index contributed by atoms with van der Waals surface area (Å²) in [4.78, 5) is 13.0. The highest BCUT2D eigenvalue weighted by Gasteiger charge is 2.72. The zero-order valence-corrected chi connectivity index (χ0v) is 28.2. The van der Waals surface area contributed by atoms with E-state index in [9.17, 15) is 20.1 Å². The number of carbonyl (C=O) groups excluding carboxylic acids is 1. The van der Waals surface area contributed by atoms with Crippen molar-refractivity contribution in [2.45, 2.75) is 118 Å². The van der Waals surface area contributed by atoms with E-state index in [1.165, 1.54) is 62.3 Å². The van der Waals surface area contributed by atoms with Gasteiger partial charge in [-0.25, -0.2) is 4.79 Å². The Labute approximate surface area is 265 Å². The lowest BCUT2D eigenvalue weighted by Crippen LogP contribution is -2.69. The van der Waals surface area contributed by atoms with E-state index in [4.69, 9.17) is 4.74 Å². The summed E-state index contributed by atoms with van der Waals surface area (Å²) in [6.45, 7) is 21.4. The molecule has 44 heavy (non-hydrogen) atoms. The van der Waals surface area contributed by atoms with Gasteiger partial charge in [-0.2, -0.15) is 0 Å². The van der Waals surface area contributed by atoms with Gasteiger partial charge in [0.15, 0.2) is 11.5 Å². The summed E-state index contributed by atoms with van der Waals surface area (Å²) < 4.78 is 6.10. The molecule has 5 nitrogen and oxygen atoms in total. The first-order valence-corrected chi connectivity index (χ1v) is 17.2. The minimum absolute atomic E-state index is 0.156. The number of hydrogen-bond donors (Lipinski definition) is 3. The van der Waals surface area contributed by atoms with Crippen LogP contribution in [0, 0.1) is 56.7 Å². The third-order valence-corrected chi connectivity index (χ3v) is 15.2. The van der Waals surface area contributed by atoms with Crippen molar-refractivity contribution in [2.24, 2.45) is 56.7 Å². The van der Waals surface area contributed by atoms with E-state index in [1.54, 1.807) is 12.1 Å². The Balaban J connectivity index is 1.25. The molecule has 5 aliphatic carbocycles. The largest absolute Gasteiger partial charge is 0.504 e. The molecule has 1 aromatic carbocycles. The number of ether oxygens (including phenoxy) is 1. The number of phenols is 2. The molecule has 0 unspecified atom stereocenters. The maximum atomic E-state index is 13.0. The molecule has 0 saturated heterocycles. The number of aromatic hydroxyl groups is 2. The first kappa shape index (κ1) is 31.7. The van der Waals surface area contributed by atoms with Gasteiger partial charge in [0.2, 0.25) is 0 Å². The molecule has 5 heteroatoms. The minimum atomic E-state index is -0.537. The Morgan fingerprint density at radius 3 is 2.32 bits per heavy atom. The monoisotopic (exact) mass is 604 g/mol. The molecule has 0 spiro atoms. The first-order chi connectivity index (χ1) is 20.5. The van der Waals surface area contributed by atoms with E-state index in [1.807, 2.05) is 0 Å². The number of rotatable bonds is 4. The van der Waals surface area contributed by atoms with Crippen LogP contribution in [0.4, 0.5) is 0 Å². The van der Waals surface area contributed by atoms with Gasteiger partial charge in [0.25, 0.3) is 0 Å². The molecule has 5 saturated carbocycles. The van der Waals surface area contributed by atoms with E-state index in [-0.39, 0.29) is 45.2 Å². The van der Waals surface area contributed by atoms with Gasteiger partial charge >= 0.3 is 5.97 Å². The number of phenolic OH excluding ortho intramolecular Hbond substituents is 2. The molecule has 0 aliphatic heterocycles. The summed E-state index contributed by atoms with van der Waals surface area (Å²) in [5.74, 6) is 1.86. The van der Waals surface area contributed by atoms with Crippen molar-refractivity contribution < 1.29 is 24.9 Å². The zero-order chi connectivity index (χ0) is 32.0. The number of fused-ring (bicyclic) bond motifs is 7. The van der Waals surface area contributed by atoms with Crippen molar-refractivity contribution >= 4 is 12.0 Å². The fraction of sp³-hybridized carbons (Fsp3) is 0.718. The number of allylic oxidation sites excluding steroid dienone is 1. The maximum Gasteiger partial charge on any atom is 0.331 e. The van der Waals surface area contributed by atoms with Crippen molar-refractivity contribution in [3.8, 4) is 11.5 Å². The van der Waals surface area contributed by atoms with Gasteiger partial charge in [0.1, 0.15) is 6.10 Å². The number of esters is 1. The van der Waals surface area contributed by atoms with Gasteiger partial charge in [-0.3, -0.25) is 0 Å². The topological polar surface area (TPSA) is 87.0 Å². The summed E-state index contributed by atoms with van der Waals surface area (Å²) in [7, 11) is 0. The van der Waals surface area contributed by atoms with Crippen LogP contribution in [0.25, 0.3) is 6.08 Å². The predicted molar refractivity (Wildman–Crippen MR) is 175 cm³/mol. The van der Waals surface area contributed by atoms with E-state index in [0.29, 0.717) is 35.2 Å². The van der Waals surface area contributed by atoms with E-state index in [2.05, 4.69) is 55.0 Å². The standard InChI is InChI=1S/C39H56O5/c1-23(2)25-15-17-36(5)19-20-37(6)26(34(25)36)11-13-30-38(37,7)18-16-29-35(3,4)32(22-31(42)39(29,30)8)44-33(43)14-10-24-9-12-27(40)28(41)21-24/h9-10,12,14,21,25-26,29-32,34,40-42H,1,11,13,15-20,22H2,2-8H3/t25-,26+,29-,30-,31+,32-,34+,36+,37+,38+,39-/m0/s1. The van der Waals surface area contributed by atoms with Crippen LogP contribution in [0.3, 0.4) is 0 Å². The fourth-order valence-electron chi connectivity index (χ4n) is 12.6. The fourth-order valence-corrected chi connectivity index (χ4v) is 12.6. The molecule has 0 bridgehead atoms. The van der Waals surface area contributed by atoms with Crippen molar-refractivity contribution in [1.82, 2.24) is 0 Å². The van der Waals surface area contributed by atoms with E-state index < -0.39 is 12.1 Å². The molecule has 242 valence electrons. The predicted octanol–water partition coefficient (Wildman–Crippen LogP) is 8.67. The van der Waals surface area contributed by atoms with E-state index in [0.717, 1.165) is 18.8 Å². The summed E-state index contributed by atoms with van der Waals surface area (Å²) in [5.41, 5.74) is 2.28. The lowest BCUT2D eigenvalue weighted by molar-refractivity contribution is -0.275. The average Bonchev–Trinajstić information content (AvgIpc) is 3.31. The molecule has 1 aromatic rings. The highest BCUT2D eigenvalue weighted by Crippen LogP contribution is 2.77. The van der Waals surface area contributed by atoms with Crippen LogP contribution in [-0.4, -0.2) is 33.5 Å². The van der Waals surface area contributed by atoms with Crippen LogP contribution in [0.1, 0.15) is 112 Å². The Bertz CT molecular complexity index is 1360. The molecular weight excluding hydrogens is 548 g/mol. The molecule has 5 fully saturated rings. The van der Waals surface area contributed by atoms with Crippen LogP contribution >= 0.6 is 0 Å². The number of benzene rings is 1. The molecule has 0 amide bonds. The van der Waals surface area contributed by atoms with Gasteiger partial charge in [-0.05, 0) is 128 Å². The Morgan fingerprint density at radius 1 is 0.909 bits per heavy atom. The third-order valence-electron chi connectivity index (χ3n) is 15.2. The van der Waals surface area contributed by atoms with Crippen LogP contribution in [-0.2, 0) is 9.53 Å². The van der Waals surface area contributed by atoms with Gasteiger partial charge in [-0.15, -0.1) is 0 Å². The van der Waals surface area contributed by atoms with Gasteiger partial charge < -0.3 is 20.1 Å². The van der Waals surface area contributed by atoms with Crippen molar-refractivity contribution in [1.29, 1.82) is 0 Å². The maximum absolute atomic E-state index is 13.0. The van der Waals surface area contributed by atoms with Gasteiger partial charge in [0, 0.05) is 23.3 Å². The Kier molecular flexibility index (Phi) is 7.47. The quantitative estimate of drug-likeness (QED) is 0.139. The van der Waals surface area contributed by atoms with E-state index >= 15 is 0 Å². The molecule has 0 aromatic heterocycles. The smallest absolute Gasteiger partial charge is 0.331 e. The molecule has 11 atom stereocenters. The second-order valence-corrected chi connectivity index (χ2v) is 17.3. The number of aliphatic hydroxyl groups excluding tert-OH is 1. The molecule has 0 heterocycles. The minimum Gasteiger partial charge on any atom is -0.504 e. The Morgan fingerprint density at radius 2 is 1.64 bits per heavy atom. The number of hydrogen-bond acceptors (Lipinski definition) is 5. The summed E-state index contributed by atoms with van der Waals surface area (Å²) in [6.07, 6.45) is 12.3. The van der Waals surface area contributed by atoms with Gasteiger partial charge in [0.05, 0.1) is 6.10 Å².